The summed E-state index contributed by atoms with van der Waals surface area (Å²) in [6, 6.07) is 13.6. The van der Waals surface area contributed by atoms with E-state index in [0.717, 1.165) is 74.4 Å². The number of rotatable bonds is 8. The molecule has 1 amide bonds. The van der Waals surface area contributed by atoms with Crippen LogP contribution in [-0.4, -0.2) is 56.7 Å². The summed E-state index contributed by atoms with van der Waals surface area (Å²) in [5, 5.41) is 7.47. The van der Waals surface area contributed by atoms with Crippen LogP contribution in [0.3, 0.4) is 0 Å². The van der Waals surface area contributed by atoms with E-state index in [1.54, 1.807) is 30.7 Å². The minimum atomic E-state index is -0.492. The SMILES string of the molecule is Cc1ccc(-c2cn(CC3CCOCC3)cc(C(=O)Nc3ccc(-c4cc(-c5cnn(C6CCOCC6)c5)cnc4N)nc3)c2=O)cc1. The maximum atomic E-state index is 13.7. The molecule has 5 aromatic rings. The number of benzene rings is 1. The zero-order chi connectivity index (χ0) is 33.0. The zero-order valence-corrected chi connectivity index (χ0v) is 27.0. The third-order valence-electron chi connectivity index (χ3n) is 9.21. The van der Waals surface area contributed by atoms with E-state index in [1.807, 2.05) is 65.1 Å². The average molecular weight is 646 g/mol. The van der Waals surface area contributed by atoms with Gasteiger partial charge in [-0.3, -0.25) is 19.3 Å². The predicted molar refractivity (Wildman–Crippen MR) is 185 cm³/mol. The van der Waals surface area contributed by atoms with Gasteiger partial charge < -0.3 is 25.1 Å². The Morgan fingerprint density at radius 3 is 2.33 bits per heavy atom. The van der Waals surface area contributed by atoms with E-state index in [0.29, 0.717) is 46.8 Å². The van der Waals surface area contributed by atoms with Crippen LogP contribution in [0, 0.1) is 12.8 Å². The molecule has 3 N–H and O–H groups in total. The van der Waals surface area contributed by atoms with Crippen molar-refractivity contribution in [3.05, 3.63) is 101 Å². The molecule has 0 aliphatic carbocycles. The smallest absolute Gasteiger partial charge is 0.261 e. The fourth-order valence-corrected chi connectivity index (χ4v) is 6.36. The molecule has 2 aliphatic heterocycles. The van der Waals surface area contributed by atoms with E-state index >= 15 is 0 Å². The molecule has 0 radical (unpaired) electrons. The van der Waals surface area contributed by atoms with Gasteiger partial charge in [0.25, 0.3) is 5.91 Å². The summed E-state index contributed by atoms with van der Waals surface area (Å²) in [4.78, 5) is 36.4. The Hall–Kier alpha value is -5.13. The number of aromatic nitrogens is 5. The number of pyridine rings is 3. The number of hydrogen-bond acceptors (Lipinski definition) is 8. The molecular weight excluding hydrogens is 606 g/mol. The van der Waals surface area contributed by atoms with Gasteiger partial charge in [0.1, 0.15) is 11.4 Å². The van der Waals surface area contributed by atoms with Crippen LogP contribution in [0.25, 0.3) is 33.5 Å². The summed E-state index contributed by atoms with van der Waals surface area (Å²) in [7, 11) is 0. The topological polar surface area (TPSA) is 139 Å². The summed E-state index contributed by atoms with van der Waals surface area (Å²) >= 11 is 0. The number of anilines is 2. The number of carbonyl (C=O) groups excluding carboxylic acids is 1. The number of ether oxygens (including phenoxy) is 2. The summed E-state index contributed by atoms with van der Waals surface area (Å²) in [6.07, 6.45) is 14.4. The third-order valence-corrected chi connectivity index (χ3v) is 9.21. The van der Waals surface area contributed by atoms with Crippen LogP contribution in [0.15, 0.2) is 84.4 Å². The fraction of sp³-hybridized carbons (Fsp3) is 0.324. The standard InChI is InChI=1S/C37H39N7O4/c1-24-2-4-26(5-3-24)32-22-43(20-25-8-12-47-13-9-25)23-33(35(32)45)37(46)42-29-6-7-34(39-19-29)31-16-27(17-40-36(31)38)28-18-41-44(21-28)30-10-14-48-15-11-30/h2-7,16-19,21-23,25,30H,8-15,20H2,1H3,(H2,38,40)(H,42,46). The van der Waals surface area contributed by atoms with Crippen molar-refractivity contribution in [2.75, 3.05) is 37.5 Å². The first kappa shape index (κ1) is 31.5. The molecule has 2 aliphatic rings. The molecule has 0 bridgehead atoms. The van der Waals surface area contributed by atoms with Gasteiger partial charge in [0.05, 0.1) is 29.8 Å². The Kier molecular flexibility index (Phi) is 9.13. The minimum Gasteiger partial charge on any atom is -0.383 e. The highest BCUT2D eigenvalue weighted by atomic mass is 16.5. The van der Waals surface area contributed by atoms with E-state index in [2.05, 4.69) is 20.4 Å². The van der Waals surface area contributed by atoms with Gasteiger partial charge in [0.2, 0.25) is 5.43 Å². The molecule has 2 fully saturated rings. The van der Waals surface area contributed by atoms with E-state index in [1.165, 1.54) is 0 Å². The van der Waals surface area contributed by atoms with Crippen molar-refractivity contribution in [1.82, 2.24) is 24.3 Å². The summed E-state index contributed by atoms with van der Waals surface area (Å²) < 4.78 is 15.0. The Morgan fingerprint density at radius 1 is 0.854 bits per heavy atom. The molecule has 7 rings (SSSR count). The molecule has 2 saturated heterocycles. The first-order valence-electron chi connectivity index (χ1n) is 16.5. The number of hydrogen-bond donors (Lipinski definition) is 2. The maximum Gasteiger partial charge on any atom is 0.261 e. The Balaban J connectivity index is 1.12. The minimum absolute atomic E-state index is 0.0756. The maximum absolute atomic E-state index is 13.7. The largest absolute Gasteiger partial charge is 0.383 e. The number of nitrogens with two attached hydrogens (primary N) is 1. The molecule has 0 saturated carbocycles. The van der Waals surface area contributed by atoms with Crippen molar-refractivity contribution in [3.63, 3.8) is 0 Å². The fourth-order valence-electron chi connectivity index (χ4n) is 6.36. The summed E-state index contributed by atoms with van der Waals surface area (Å²) in [5.74, 6) is 0.259. The molecule has 246 valence electrons. The summed E-state index contributed by atoms with van der Waals surface area (Å²) in [5.41, 5.74) is 12.0. The highest BCUT2D eigenvalue weighted by Gasteiger charge is 2.21. The van der Waals surface area contributed by atoms with Gasteiger partial charge >= 0.3 is 0 Å². The lowest BCUT2D eigenvalue weighted by Gasteiger charge is -2.23. The van der Waals surface area contributed by atoms with E-state index in [4.69, 9.17) is 15.2 Å². The number of amides is 1. The molecule has 11 nitrogen and oxygen atoms in total. The van der Waals surface area contributed by atoms with Gasteiger partial charge in [-0.15, -0.1) is 0 Å². The Morgan fingerprint density at radius 2 is 1.60 bits per heavy atom. The van der Waals surface area contributed by atoms with Crippen molar-refractivity contribution in [1.29, 1.82) is 0 Å². The second kappa shape index (κ2) is 13.9. The number of carbonyl (C=O) groups is 1. The molecule has 48 heavy (non-hydrogen) atoms. The molecule has 4 aromatic heterocycles. The van der Waals surface area contributed by atoms with E-state index < -0.39 is 5.91 Å². The lowest BCUT2D eigenvalue weighted by molar-refractivity contribution is 0.0612. The highest BCUT2D eigenvalue weighted by molar-refractivity contribution is 6.04. The van der Waals surface area contributed by atoms with Gasteiger partial charge in [-0.2, -0.15) is 5.10 Å². The van der Waals surface area contributed by atoms with Gasteiger partial charge in [-0.1, -0.05) is 29.8 Å². The number of aryl methyl sites for hydroxylation is 1. The summed E-state index contributed by atoms with van der Waals surface area (Å²) in [6.45, 7) is 5.62. The van der Waals surface area contributed by atoms with Crippen molar-refractivity contribution >= 4 is 17.4 Å². The van der Waals surface area contributed by atoms with Crippen LogP contribution in [0.2, 0.25) is 0 Å². The number of nitrogens with one attached hydrogen (secondary N) is 1. The number of nitrogen functional groups attached to an aromatic ring is 1. The quantitative estimate of drug-likeness (QED) is 0.217. The second-order valence-electron chi connectivity index (χ2n) is 12.6. The average Bonchev–Trinajstić information content (AvgIpc) is 3.61. The number of nitrogens with zero attached hydrogens (tertiary/aromatic N) is 5. The van der Waals surface area contributed by atoms with E-state index in [9.17, 15) is 9.59 Å². The van der Waals surface area contributed by atoms with Crippen molar-refractivity contribution in [2.24, 2.45) is 5.92 Å². The normalized spacial score (nSPS) is 15.8. The van der Waals surface area contributed by atoms with Crippen molar-refractivity contribution in [2.45, 2.75) is 45.2 Å². The van der Waals surface area contributed by atoms with Crippen LogP contribution >= 0.6 is 0 Å². The van der Waals surface area contributed by atoms with Gasteiger partial charge in [0, 0.05) is 80.0 Å². The van der Waals surface area contributed by atoms with Gasteiger partial charge in [0.15, 0.2) is 0 Å². The molecule has 6 heterocycles. The lowest BCUT2D eigenvalue weighted by Crippen LogP contribution is -2.26. The third kappa shape index (κ3) is 6.92. The van der Waals surface area contributed by atoms with Crippen molar-refractivity contribution < 1.29 is 14.3 Å². The lowest BCUT2D eigenvalue weighted by atomic mass is 9.99. The highest BCUT2D eigenvalue weighted by Crippen LogP contribution is 2.30. The second-order valence-corrected chi connectivity index (χ2v) is 12.6. The van der Waals surface area contributed by atoms with Crippen LogP contribution in [0.1, 0.15) is 47.6 Å². The molecule has 11 heteroatoms. The Bertz CT molecular complexity index is 1960. The van der Waals surface area contributed by atoms with Crippen LogP contribution < -0.4 is 16.5 Å². The Labute approximate surface area is 278 Å². The monoisotopic (exact) mass is 645 g/mol. The zero-order valence-electron chi connectivity index (χ0n) is 27.0. The van der Waals surface area contributed by atoms with Crippen LogP contribution in [-0.2, 0) is 16.0 Å². The van der Waals surface area contributed by atoms with E-state index in [-0.39, 0.29) is 11.0 Å². The van der Waals surface area contributed by atoms with Gasteiger partial charge in [-0.05, 0) is 62.3 Å². The molecule has 0 atom stereocenters. The molecule has 1 aromatic carbocycles. The van der Waals surface area contributed by atoms with Crippen LogP contribution in [0.5, 0.6) is 0 Å². The van der Waals surface area contributed by atoms with Crippen molar-refractivity contribution in [3.8, 4) is 33.5 Å². The predicted octanol–water partition coefficient (Wildman–Crippen LogP) is 5.76. The van der Waals surface area contributed by atoms with Gasteiger partial charge in [-0.25, -0.2) is 4.98 Å². The first-order chi connectivity index (χ1) is 23.4. The van der Waals surface area contributed by atoms with Crippen LogP contribution in [0.4, 0.5) is 11.5 Å². The molecular formula is C37H39N7O4. The molecule has 0 unspecified atom stereocenters. The first-order valence-corrected chi connectivity index (χ1v) is 16.5. The molecule has 0 spiro atoms.